The van der Waals surface area contributed by atoms with Crippen molar-refractivity contribution in [2.45, 2.75) is 44.4 Å². The summed E-state index contributed by atoms with van der Waals surface area (Å²) in [5, 5.41) is 14.8. The smallest absolute Gasteiger partial charge is 0.416 e. The first kappa shape index (κ1) is 25.7. The number of carboxylic acid groups (broad SMARTS) is 1. The third-order valence-corrected chi connectivity index (χ3v) is 4.90. The molecule has 0 radical (unpaired) electrons. The molecule has 1 aromatic heterocycles. The zero-order chi connectivity index (χ0) is 24.8. The molecule has 0 aliphatic heterocycles. The lowest BCUT2D eigenvalue weighted by Gasteiger charge is -2.20. The van der Waals surface area contributed by atoms with Crippen LogP contribution in [0.2, 0.25) is 0 Å². The molecule has 2 aromatic rings. The van der Waals surface area contributed by atoms with E-state index in [1.807, 2.05) is 0 Å². The predicted octanol–water partition coefficient (Wildman–Crippen LogP) is 2.30. The quantitative estimate of drug-likeness (QED) is 0.514. The van der Waals surface area contributed by atoms with E-state index in [9.17, 15) is 36.7 Å². The molecule has 1 heterocycles. The van der Waals surface area contributed by atoms with Crippen molar-refractivity contribution in [2.24, 2.45) is 0 Å². The van der Waals surface area contributed by atoms with Gasteiger partial charge < -0.3 is 10.4 Å². The number of carboxylic acids is 1. The average Bonchev–Trinajstić information content (AvgIpc) is 2.75. The first-order valence-corrected chi connectivity index (χ1v) is 9.81. The lowest BCUT2D eigenvalue weighted by molar-refractivity contribution is -0.140. The van der Waals surface area contributed by atoms with Crippen LogP contribution >= 0.6 is 0 Å². The van der Waals surface area contributed by atoms with Crippen molar-refractivity contribution in [2.75, 3.05) is 6.67 Å². The zero-order valence-corrected chi connectivity index (χ0v) is 17.4. The number of halogens is 4. The SMILES string of the molecule is CCC(C(=O)NC(CC(=O)O)C(=O)CF)c1ccnn(Cc2ccccc2C(F)(F)F)c1=O. The highest BCUT2D eigenvalue weighted by Gasteiger charge is 2.33. The Balaban J connectivity index is 2.37. The monoisotopic (exact) mass is 471 g/mol. The van der Waals surface area contributed by atoms with Gasteiger partial charge >= 0.3 is 12.1 Å². The van der Waals surface area contributed by atoms with Crippen LogP contribution in [0.3, 0.4) is 0 Å². The van der Waals surface area contributed by atoms with Gasteiger partial charge in [-0.3, -0.25) is 19.2 Å². The maximum atomic E-state index is 13.3. The molecule has 0 bridgehead atoms. The molecule has 0 saturated carbocycles. The van der Waals surface area contributed by atoms with Crippen LogP contribution in [0.5, 0.6) is 0 Å². The summed E-state index contributed by atoms with van der Waals surface area (Å²) in [5.41, 5.74) is -2.08. The van der Waals surface area contributed by atoms with E-state index in [1.54, 1.807) is 0 Å². The molecule has 178 valence electrons. The van der Waals surface area contributed by atoms with Crippen LogP contribution in [0.15, 0.2) is 41.3 Å². The molecule has 2 atom stereocenters. The maximum Gasteiger partial charge on any atom is 0.416 e. The van der Waals surface area contributed by atoms with Crippen molar-refractivity contribution in [1.29, 1.82) is 0 Å². The Morgan fingerprint density at radius 1 is 1.18 bits per heavy atom. The molecular weight excluding hydrogens is 450 g/mol. The van der Waals surface area contributed by atoms with E-state index in [0.717, 1.165) is 16.9 Å². The summed E-state index contributed by atoms with van der Waals surface area (Å²) in [6, 6.07) is 4.25. The van der Waals surface area contributed by atoms with E-state index in [2.05, 4.69) is 10.4 Å². The number of hydrogen-bond acceptors (Lipinski definition) is 5. The Morgan fingerprint density at radius 3 is 2.42 bits per heavy atom. The van der Waals surface area contributed by atoms with Gasteiger partial charge in [-0.1, -0.05) is 25.1 Å². The molecule has 2 rings (SSSR count). The van der Waals surface area contributed by atoms with Crippen molar-refractivity contribution in [3.05, 3.63) is 63.6 Å². The van der Waals surface area contributed by atoms with Crippen molar-refractivity contribution in [3.63, 3.8) is 0 Å². The maximum absolute atomic E-state index is 13.3. The highest BCUT2D eigenvalue weighted by Crippen LogP contribution is 2.32. The lowest BCUT2D eigenvalue weighted by atomic mass is 9.96. The van der Waals surface area contributed by atoms with Gasteiger partial charge in [0.1, 0.15) is 12.7 Å². The average molecular weight is 471 g/mol. The summed E-state index contributed by atoms with van der Waals surface area (Å²) < 4.78 is 53.3. The summed E-state index contributed by atoms with van der Waals surface area (Å²) in [6.07, 6.45) is -4.32. The van der Waals surface area contributed by atoms with E-state index < -0.39 is 66.6 Å². The number of rotatable bonds is 10. The van der Waals surface area contributed by atoms with Gasteiger partial charge in [-0.05, 0) is 24.1 Å². The van der Waals surface area contributed by atoms with Gasteiger partial charge in [0.25, 0.3) is 5.56 Å². The van der Waals surface area contributed by atoms with Crippen LogP contribution in [0.4, 0.5) is 17.6 Å². The summed E-state index contributed by atoms with van der Waals surface area (Å²) in [7, 11) is 0. The molecule has 0 aliphatic rings. The molecular formula is C21H21F4N3O5. The van der Waals surface area contributed by atoms with Crippen LogP contribution < -0.4 is 10.9 Å². The fraction of sp³-hybridized carbons (Fsp3) is 0.381. The molecule has 8 nitrogen and oxygen atoms in total. The topological polar surface area (TPSA) is 118 Å². The molecule has 1 amide bonds. The first-order chi connectivity index (χ1) is 15.5. The number of aliphatic carboxylic acids is 1. The van der Waals surface area contributed by atoms with Crippen molar-refractivity contribution < 1.29 is 37.1 Å². The number of benzene rings is 1. The number of nitrogens with zero attached hydrogens (tertiary/aromatic N) is 2. The third kappa shape index (κ3) is 6.46. The van der Waals surface area contributed by atoms with Gasteiger partial charge in [0, 0.05) is 11.8 Å². The highest BCUT2D eigenvalue weighted by atomic mass is 19.4. The Hall–Kier alpha value is -3.57. The molecule has 33 heavy (non-hydrogen) atoms. The van der Waals surface area contributed by atoms with Crippen molar-refractivity contribution in [3.8, 4) is 0 Å². The molecule has 2 N–H and O–H groups in total. The zero-order valence-electron chi connectivity index (χ0n) is 17.4. The minimum absolute atomic E-state index is 0.0355. The van der Waals surface area contributed by atoms with Crippen LogP contribution in [0, 0.1) is 0 Å². The van der Waals surface area contributed by atoms with E-state index in [4.69, 9.17) is 5.11 Å². The number of ketones is 1. The predicted molar refractivity (Wildman–Crippen MR) is 107 cm³/mol. The van der Waals surface area contributed by atoms with Crippen LogP contribution in [-0.4, -0.2) is 45.3 Å². The summed E-state index contributed by atoms with van der Waals surface area (Å²) in [5.74, 6) is -4.65. The molecule has 1 aromatic carbocycles. The largest absolute Gasteiger partial charge is 0.481 e. The Kier molecular flexibility index (Phi) is 8.44. The second-order valence-electron chi connectivity index (χ2n) is 7.12. The second-order valence-corrected chi connectivity index (χ2v) is 7.12. The number of carbonyl (C=O) groups is 3. The van der Waals surface area contributed by atoms with Gasteiger partial charge in [0.2, 0.25) is 5.91 Å². The van der Waals surface area contributed by atoms with Crippen molar-refractivity contribution in [1.82, 2.24) is 15.1 Å². The number of nitrogens with one attached hydrogen (secondary N) is 1. The van der Waals surface area contributed by atoms with Gasteiger partial charge in [-0.15, -0.1) is 0 Å². The van der Waals surface area contributed by atoms with E-state index >= 15 is 0 Å². The standard InChI is InChI=1S/C21H21F4N3O5/c1-2-13(19(32)27-16(9-18(30)31)17(29)10-22)14-7-8-26-28(20(14)33)11-12-5-3-4-6-15(12)21(23,24)25/h3-8,13,16H,2,9-11H2,1H3,(H,27,32)(H,30,31). The summed E-state index contributed by atoms with van der Waals surface area (Å²) in [4.78, 5) is 48.2. The Labute approximate surface area is 185 Å². The number of Topliss-reactive ketones (excluding diaryl/α,β-unsaturated/α-hetero) is 1. The van der Waals surface area contributed by atoms with Crippen LogP contribution in [-0.2, 0) is 27.1 Å². The number of alkyl halides is 4. The van der Waals surface area contributed by atoms with Gasteiger partial charge in [0.05, 0.1) is 24.4 Å². The van der Waals surface area contributed by atoms with Gasteiger partial charge in [-0.2, -0.15) is 18.3 Å². The molecule has 0 aliphatic carbocycles. The van der Waals surface area contributed by atoms with Gasteiger partial charge in [-0.25, -0.2) is 9.07 Å². The fourth-order valence-corrected chi connectivity index (χ4v) is 3.27. The summed E-state index contributed by atoms with van der Waals surface area (Å²) in [6.45, 7) is -0.464. The molecule has 0 spiro atoms. The normalized spacial score (nSPS) is 13.2. The van der Waals surface area contributed by atoms with E-state index in [1.165, 1.54) is 31.2 Å². The number of hydrogen-bond donors (Lipinski definition) is 2. The van der Waals surface area contributed by atoms with E-state index in [-0.39, 0.29) is 17.5 Å². The minimum Gasteiger partial charge on any atom is -0.481 e. The fourth-order valence-electron chi connectivity index (χ4n) is 3.27. The number of amides is 1. The first-order valence-electron chi connectivity index (χ1n) is 9.81. The lowest BCUT2D eigenvalue weighted by Crippen LogP contribution is -2.45. The minimum atomic E-state index is -4.65. The van der Waals surface area contributed by atoms with Gasteiger partial charge in [0.15, 0.2) is 5.78 Å². The van der Waals surface area contributed by atoms with Crippen LogP contribution in [0.1, 0.15) is 42.4 Å². The number of carbonyl (C=O) groups excluding carboxylic acids is 2. The Bertz CT molecular complexity index is 1080. The number of aromatic nitrogens is 2. The van der Waals surface area contributed by atoms with Crippen LogP contribution in [0.25, 0.3) is 0 Å². The second kappa shape index (κ2) is 10.8. The van der Waals surface area contributed by atoms with Crippen molar-refractivity contribution >= 4 is 17.7 Å². The molecule has 2 unspecified atom stereocenters. The van der Waals surface area contributed by atoms with E-state index in [0.29, 0.717) is 0 Å². The highest BCUT2D eigenvalue weighted by molar-refractivity contribution is 5.94. The molecule has 0 fully saturated rings. The summed E-state index contributed by atoms with van der Waals surface area (Å²) >= 11 is 0. The molecule has 12 heteroatoms. The Morgan fingerprint density at radius 2 is 1.85 bits per heavy atom. The third-order valence-electron chi connectivity index (χ3n) is 4.90. The molecule has 0 saturated heterocycles.